The van der Waals surface area contributed by atoms with Gasteiger partial charge in [-0.2, -0.15) is 0 Å². The van der Waals surface area contributed by atoms with E-state index in [0.29, 0.717) is 10.8 Å². The molecule has 1 aliphatic heterocycles. The first kappa shape index (κ1) is 19.5. The Bertz CT molecular complexity index is 869. The van der Waals surface area contributed by atoms with E-state index < -0.39 is 10.0 Å². The maximum atomic E-state index is 12.4. The standard InChI is InChI=1S/C17H21N5O3S2/c1-12(15-4-2-11-25-15)20-17(26)21-13-5-7-14(8-6-13)27(23,24)22-16-18-9-3-10-19-16/h3,5-10,12,15H,2,4,11H2,1H3,(H,18,19,22)(H2,20,21,26)/t12-,15+/m0/s1. The van der Waals surface area contributed by atoms with Crippen LogP contribution < -0.4 is 15.4 Å². The lowest BCUT2D eigenvalue weighted by Gasteiger charge is -2.22. The zero-order valence-electron chi connectivity index (χ0n) is 14.8. The van der Waals surface area contributed by atoms with Crippen LogP contribution in [-0.2, 0) is 14.8 Å². The molecule has 3 rings (SSSR count). The first-order valence-corrected chi connectivity index (χ1v) is 10.4. The van der Waals surface area contributed by atoms with Gasteiger partial charge in [0.2, 0.25) is 5.95 Å². The predicted octanol–water partition coefficient (Wildman–Crippen LogP) is 2.13. The van der Waals surface area contributed by atoms with Gasteiger partial charge in [0.25, 0.3) is 10.0 Å². The zero-order valence-corrected chi connectivity index (χ0v) is 16.4. The van der Waals surface area contributed by atoms with Gasteiger partial charge in [0, 0.05) is 24.7 Å². The van der Waals surface area contributed by atoms with E-state index in [1.54, 1.807) is 18.2 Å². The summed E-state index contributed by atoms with van der Waals surface area (Å²) >= 11 is 5.32. The van der Waals surface area contributed by atoms with Gasteiger partial charge in [-0.3, -0.25) is 0 Å². The first-order chi connectivity index (χ1) is 12.9. The molecule has 144 valence electrons. The summed E-state index contributed by atoms with van der Waals surface area (Å²) in [4.78, 5) is 7.82. The van der Waals surface area contributed by atoms with E-state index in [4.69, 9.17) is 17.0 Å². The van der Waals surface area contributed by atoms with Crippen LogP contribution in [0.3, 0.4) is 0 Å². The molecule has 0 amide bonds. The molecule has 1 saturated heterocycles. The summed E-state index contributed by atoms with van der Waals surface area (Å²) < 4.78 is 32.7. The number of nitrogens with zero attached hydrogens (tertiary/aromatic N) is 2. The summed E-state index contributed by atoms with van der Waals surface area (Å²) in [5, 5.41) is 6.71. The molecule has 2 heterocycles. The SMILES string of the molecule is C[C@H](NC(=S)Nc1ccc(S(=O)(=O)Nc2ncccn2)cc1)[C@H]1CCCO1. The molecule has 1 aromatic carbocycles. The quantitative estimate of drug-likeness (QED) is 0.626. The maximum absolute atomic E-state index is 12.4. The molecule has 0 unspecified atom stereocenters. The van der Waals surface area contributed by atoms with Crippen molar-refractivity contribution < 1.29 is 13.2 Å². The minimum atomic E-state index is -3.76. The van der Waals surface area contributed by atoms with Gasteiger partial charge in [-0.15, -0.1) is 0 Å². The molecule has 27 heavy (non-hydrogen) atoms. The molecule has 2 aromatic rings. The number of sulfonamides is 1. The summed E-state index contributed by atoms with van der Waals surface area (Å²) in [5.41, 5.74) is 0.682. The van der Waals surface area contributed by atoms with Gasteiger partial charge >= 0.3 is 0 Å². The fourth-order valence-electron chi connectivity index (χ4n) is 2.71. The monoisotopic (exact) mass is 407 g/mol. The highest BCUT2D eigenvalue weighted by Crippen LogP contribution is 2.17. The van der Waals surface area contributed by atoms with Gasteiger partial charge in [0.1, 0.15) is 0 Å². The van der Waals surface area contributed by atoms with Crippen molar-refractivity contribution in [1.29, 1.82) is 0 Å². The molecular formula is C17H21N5O3S2. The highest BCUT2D eigenvalue weighted by molar-refractivity contribution is 7.92. The Morgan fingerprint density at radius 2 is 1.96 bits per heavy atom. The Morgan fingerprint density at radius 3 is 2.59 bits per heavy atom. The van der Waals surface area contributed by atoms with Crippen LogP contribution in [0.5, 0.6) is 0 Å². The van der Waals surface area contributed by atoms with Crippen molar-refractivity contribution in [2.45, 2.75) is 36.8 Å². The summed E-state index contributed by atoms with van der Waals surface area (Å²) in [6, 6.07) is 7.96. The molecule has 0 bridgehead atoms. The first-order valence-electron chi connectivity index (χ1n) is 8.53. The van der Waals surface area contributed by atoms with Crippen LogP contribution in [0.1, 0.15) is 19.8 Å². The van der Waals surface area contributed by atoms with Crippen molar-refractivity contribution in [2.75, 3.05) is 16.6 Å². The van der Waals surface area contributed by atoms with Gasteiger partial charge in [-0.1, -0.05) is 0 Å². The maximum Gasteiger partial charge on any atom is 0.264 e. The van der Waals surface area contributed by atoms with E-state index in [2.05, 4.69) is 25.3 Å². The van der Waals surface area contributed by atoms with Crippen LogP contribution in [0.2, 0.25) is 0 Å². The number of thiocarbonyl (C=S) groups is 1. The third kappa shape index (κ3) is 5.34. The lowest BCUT2D eigenvalue weighted by molar-refractivity contribution is 0.0895. The number of rotatable bonds is 6. The molecule has 1 fully saturated rings. The van der Waals surface area contributed by atoms with Gasteiger partial charge < -0.3 is 15.4 Å². The number of hydrogen-bond acceptors (Lipinski definition) is 6. The summed E-state index contributed by atoms with van der Waals surface area (Å²) in [5.74, 6) is 0.0215. The van der Waals surface area contributed by atoms with E-state index in [9.17, 15) is 8.42 Å². The Hall–Kier alpha value is -2.30. The average molecular weight is 408 g/mol. The lowest BCUT2D eigenvalue weighted by atomic mass is 10.1. The van der Waals surface area contributed by atoms with E-state index in [-0.39, 0.29) is 23.0 Å². The molecule has 10 heteroatoms. The molecule has 0 aliphatic carbocycles. The predicted molar refractivity (Wildman–Crippen MR) is 107 cm³/mol. The van der Waals surface area contributed by atoms with Crippen molar-refractivity contribution in [1.82, 2.24) is 15.3 Å². The van der Waals surface area contributed by atoms with Crippen LogP contribution in [0, 0.1) is 0 Å². The van der Waals surface area contributed by atoms with Crippen molar-refractivity contribution in [3.05, 3.63) is 42.7 Å². The zero-order chi connectivity index (χ0) is 19.3. The molecule has 8 nitrogen and oxygen atoms in total. The third-order valence-corrected chi connectivity index (χ3v) is 5.66. The Balaban J connectivity index is 1.58. The second kappa shape index (κ2) is 8.59. The normalized spacial score (nSPS) is 17.9. The Labute approximate surface area is 163 Å². The number of benzene rings is 1. The topological polar surface area (TPSA) is 105 Å². The highest BCUT2D eigenvalue weighted by Gasteiger charge is 2.22. The largest absolute Gasteiger partial charge is 0.376 e. The molecule has 0 spiro atoms. The number of ether oxygens (including phenoxy) is 1. The molecule has 1 aliphatic rings. The van der Waals surface area contributed by atoms with Crippen LogP contribution in [-0.4, -0.2) is 42.3 Å². The van der Waals surface area contributed by atoms with Gasteiger partial charge in [0.15, 0.2) is 5.11 Å². The Kier molecular flexibility index (Phi) is 6.19. The van der Waals surface area contributed by atoms with Crippen LogP contribution >= 0.6 is 12.2 Å². The van der Waals surface area contributed by atoms with Crippen LogP contribution in [0.15, 0.2) is 47.6 Å². The number of aromatic nitrogens is 2. The molecule has 2 atom stereocenters. The number of anilines is 2. The Morgan fingerprint density at radius 1 is 1.26 bits per heavy atom. The number of hydrogen-bond donors (Lipinski definition) is 3. The molecule has 3 N–H and O–H groups in total. The van der Waals surface area contributed by atoms with E-state index >= 15 is 0 Å². The lowest BCUT2D eigenvalue weighted by Crippen LogP contribution is -2.42. The van der Waals surface area contributed by atoms with Crippen molar-refractivity contribution >= 4 is 39.0 Å². The molecule has 0 radical (unpaired) electrons. The van der Waals surface area contributed by atoms with Gasteiger partial charge in [-0.05, 0) is 62.3 Å². The second-order valence-electron chi connectivity index (χ2n) is 6.14. The average Bonchev–Trinajstić information content (AvgIpc) is 3.17. The van der Waals surface area contributed by atoms with Crippen molar-refractivity contribution in [3.63, 3.8) is 0 Å². The van der Waals surface area contributed by atoms with Crippen molar-refractivity contribution in [3.8, 4) is 0 Å². The van der Waals surface area contributed by atoms with Crippen LogP contribution in [0.4, 0.5) is 11.6 Å². The van der Waals surface area contributed by atoms with E-state index in [1.807, 2.05) is 6.92 Å². The smallest absolute Gasteiger partial charge is 0.264 e. The molecule has 1 aromatic heterocycles. The van der Waals surface area contributed by atoms with Gasteiger partial charge in [-0.25, -0.2) is 23.1 Å². The van der Waals surface area contributed by atoms with E-state index in [0.717, 1.165) is 19.4 Å². The summed E-state index contributed by atoms with van der Waals surface area (Å²) in [6.07, 6.45) is 5.16. The minimum Gasteiger partial charge on any atom is -0.376 e. The number of nitrogens with one attached hydrogen (secondary N) is 3. The fraction of sp³-hybridized carbons (Fsp3) is 0.353. The third-order valence-electron chi connectivity index (χ3n) is 4.10. The van der Waals surface area contributed by atoms with Gasteiger partial charge in [0.05, 0.1) is 17.0 Å². The molecular weight excluding hydrogens is 386 g/mol. The second-order valence-corrected chi connectivity index (χ2v) is 8.23. The fourth-order valence-corrected chi connectivity index (χ4v) is 3.97. The minimum absolute atomic E-state index is 0.0215. The van der Waals surface area contributed by atoms with E-state index in [1.165, 1.54) is 24.5 Å². The summed E-state index contributed by atoms with van der Waals surface area (Å²) in [7, 11) is -3.76. The van der Waals surface area contributed by atoms with Crippen LogP contribution in [0.25, 0.3) is 0 Å². The summed E-state index contributed by atoms with van der Waals surface area (Å²) in [6.45, 7) is 2.81. The highest BCUT2D eigenvalue weighted by atomic mass is 32.2. The van der Waals surface area contributed by atoms with Crippen molar-refractivity contribution in [2.24, 2.45) is 0 Å². The molecule has 0 saturated carbocycles.